The van der Waals surface area contributed by atoms with Gasteiger partial charge in [0.25, 0.3) is 5.91 Å². The number of nitrogens with one attached hydrogen (secondary N) is 3. The third-order valence-corrected chi connectivity index (χ3v) is 13.6. The van der Waals surface area contributed by atoms with E-state index in [2.05, 4.69) is 21.9 Å². The van der Waals surface area contributed by atoms with Gasteiger partial charge in [-0.25, -0.2) is 18.2 Å². The maximum absolute atomic E-state index is 14.8. The first-order valence-corrected chi connectivity index (χ1v) is 22.0. The van der Waals surface area contributed by atoms with Gasteiger partial charge >= 0.3 is 6.09 Å². The zero-order valence-corrected chi connectivity index (χ0v) is 36.9. The highest BCUT2D eigenvalue weighted by atomic mass is 32.2. The first-order chi connectivity index (χ1) is 28.0. The molecular weight excluding hydrogens is 787 g/mol. The number of pyridine rings is 1. The minimum absolute atomic E-state index is 0.00771. The number of aromatic nitrogens is 1. The molecule has 324 valence electrons. The molecule has 0 radical (unpaired) electrons. The molecule has 6 rings (SSSR count). The van der Waals surface area contributed by atoms with E-state index in [1.54, 1.807) is 60.8 Å². The Morgan fingerprint density at radius 2 is 1.70 bits per heavy atom. The number of benzene rings is 2. The molecule has 3 N–H and O–H groups in total. The number of alkyl carbamates (subject to hydrolysis) is 1. The summed E-state index contributed by atoms with van der Waals surface area (Å²) in [6.07, 6.45) is 1.40. The molecule has 2 aliphatic carbocycles. The SMILES string of the molecule is C=CC1CC1(NC(=O)C1CC(Oc2cc(-c3ccccc3)nc3cc(OC)ccc23)CN1C(=O)C(NC(=O)OC(C)(C)C)C(C)(C)C)C(=O)NS(=O)(=O)C1(CC(C)C)CC1. The summed E-state index contributed by atoms with van der Waals surface area (Å²) >= 11 is 0. The van der Waals surface area contributed by atoms with Crippen molar-refractivity contribution in [1.29, 1.82) is 0 Å². The fourth-order valence-corrected chi connectivity index (χ4v) is 9.91. The van der Waals surface area contributed by atoms with Crippen molar-refractivity contribution < 1.29 is 41.8 Å². The van der Waals surface area contributed by atoms with E-state index < -0.39 is 79.2 Å². The molecule has 2 saturated carbocycles. The Labute approximate surface area is 353 Å². The number of carbonyl (C=O) groups excluding carboxylic acids is 4. The van der Waals surface area contributed by atoms with Crippen molar-refractivity contribution in [3.63, 3.8) is 0 Å². The highest BCUT2D eigenvalue weighted by Crippen LogP contribution is 2.50. The lowest BCUT2D eigenvalue weighted by atomic mass is 9.85. The van der Waals surface area contributed by atoms with Gasteiger partial charge in [0.2, 0.25) is 21.8 Å². The number of nitrogens with zero attached hydrogens (tertiary/aromatic N) is 2. The van der Waals surface area contributed by atoms with Crippen molar-refractivity contribution in [1.82, 2.24) is 25.2 Å². The van der Waals surface area contributed by atoms with Gasteiger partial charge in [0, 0.05) is 35.4 Å². The van der Waals surface area contributed by atoms with Gasteiger partial charge < -0.3 is 29.7 Å². The summed E-state index contributed by atoms with van der Waals surface area (Å²) in [5.74, 6) is -1.47. The van der Waals surface area contributed by atoms with Gasteiger partial charge in [-0.2, -0.15) is 0 Å². The molecule has 3 aromatic rings. The summed E-state index contributed by atoms with van der Waals surface area (Å²) in [7, 11) is -2.50. The normalized spacial score (nSPS) is 22.7. The Bertz CT molecular complexity index is 2260. The van der Waals surface area contributed by atoms with Gasteiger partial charge in [-0.3, -0.25) is 19.1 Å². The number of carbonyl (C=O) groups is 4. The summed E-state index contributed by atoms with van der Waals surface area (Å²) in [5, 5.41) is 6.28. The Hall–Kier alpha value is -5.18. The molecule has 2 heterocycles. The lowest BCUT2D eigenvalue weighted by Gasteiger charge is -2.36. The molecular formula is C45H59N5O9S. The van der Waals surface area contributed by atoms with Gasteiger partial charge in [0.05, 0.1) is 29.6 Å². The van der Waals surface area contributed by atoms with Crippen LogP contribution in [-0.2, 0) is 29.1 Å². The number of hydrogen-bond donors (Lipinski definition) is 3. The Kier molecular flexibility index (Phi) is 12.1. The quantitative estimate of drug-likeness (QED) is 0.156. The molecule has 2 aromatic carbocycles. The highest BCUT2D eigenvalue weighted by Gasteiger charge is 2.63. The molecule has 15 heteroatoms. The van der Waals surface area contributed by atoms with Crippen LogP contribution in [0.5, 0.6) is 11.5 Å². The second kappa shape index (κ2) is 16.4. The molecule has 0 bridgehead atoms. The Morgan fingerprint density at radius 1 is 1.02 bits per heavy atom. The third-order valence-electron chi connectivity index (χ3n) is 11.4. The topological polar surface area (TPSA) is 182 Å². The van der Waals surface area contributed by atoms with Crippen LogP contribution in [0.3, 0.4) is 0 Å². The average Bonchev–Trinajstić information content (AvgIpc) is 4.06. The second-order valence-corrected chi connectivity index (χ2v) is 21.0. The van der Waals surface area contributed by atoms with Gasteiger partial charge in [-0.15, -0.1) is 6.58 Å². The molecule has 1 aliphatic heterocycles. The third kappa shape index (κ3) is 9.40. The van der Waals surface area contributed by atoms with E-state index in [0.717, 1.165) is 5.56 Å². The van der Waals surface area contributed by atoms with Crippen molar-refractivity contribution in [2.75, 3.05) is 13.7 Å². The molecule has 3 aliphatic rings. The number of likely N-dealkylation sites (tertiary alicyclic amines) is 1. The van der Waals surface area contributed by atoms with Crippen LogP contribution in [0.2, 0.25) is 0 Å². The van der Waals surface area contributed by atoms with Crippen LogP contribution < -0.4 is 24.8 Å². The maximum atomic E-state index is 14.8. The number of fused-ring (bicyclic) bond motifs is 1. The van der Waals surface area contributed by atoms with Crippen LogP contribution in [0.15, 0.2) is 67.3 Å². The van der Waals surface area contributed by atoms with E-state index in [-0.39, 0.29) is 25.3 Å². The van der Waals surface area contributed by atoms with Crippen molar-refractivity contribution in [3.05, 3.63) is 67.3 Å². The van der Waals surface area contributed by atoms with Crippen LogP contribution in [0, 0.1) is 17.3 Å². The van der Waals surface area contributed by atoms with Gasteiger partial charge in [0.1, 0.15) is 40.8 Å². The van der Waals surface area contributed by atoms with E-state index in [9.17, 15) is 27.6 Å². The number of rotatable bonds is 14. The second-order valence-electron chi connectivity index (χ2n) is 18.9. The predicted molar refractivity (Wildman–Crippen MR) is 229 cm³/mol. The Morgan fingerprint density at radius 3 is 2.27 bits per heavy atom. The maximum Gasteiger partial charge on any atom is 0.408 e. The molecule has 4 amide bonds. The van der Waals surface area contributed by atoms with Crippen LogP contribution in [0.4, 0.5) is 4.79 Å². The first-order valence-electron chi connectivity index (χ1n) is 20.5. The molecule has 0 spiro atoms. The molecule has 1 saturated heterocycles. The van der Waals surface area contributed by atoms with E-state index in [4.69, 9.17) is 19.2 Å². The molecule has 14 nitrogen and oxygen atoms in total. The van der Waals surface area contributed by atoms with Crippen molar-refractivity contribution in [2.45, 2.75) is 122 Å². The number of sulfonamides is 1. The fourth-order valence-electron chi connectivity index (χ4n) is 8.08. The molecule has 1 aromatic heterocycles. The number of amides is 4. The lowest BCUT2D eigenvalue weighted by molar-refractivity contribution is -0.143. The summed E-state index contributed by atoms with van der Waals surface area (Å²) in [5.41, 5.74) is -1.20. The molecule has 5 unspecified atom stereocenters. The standard InChI is InChI=1S/C45H59N5O9S/c1-11-29-25-45(29,40(53)49-60(55,56)44(19-20-44)24-27(2)3)48-38(51)35-22-31(26-50(35)39(52)37(42(4,5)6)47-41(54)59-43(7,8)9)58-36-23-33(28-15-13-12-14-16-28)46-34-21-30(57-10)17-18-32(34)36/h11-18,21,23,27,29,31,35,37H,1,19-20,22,24-26H2,2-10H3,(H,47,54)(H,48,51)(H,49,53). The zero-order chi connectivity index (χ0) is 44.0. The predicted octanol–water partition coefficient (Wildman–Crippen LogP) is 6.28. The minimum atomic E-state index is -4.07. The number of ether oxygens (including phenoxy) is 3. The largest absolute Gasteiger partial charge is 0.497 e. The van der Waals surface area contributed by atoms with E-state index >= 15 is 0 Å². The Balaban J connectivity index is 1.34. The summed E-state index contributed by atoms with van der Waals surface area (Å²) in [6.45, 7) is 18.2. The van der Waals surface area contributed by atoms with Crippen molar-refractivity contribution in [3.8, 4) is 22.8 Å². The summed E-state index contributed by atoms with van der Waals surface area (Å²) < 4.78 is 46.3. The monoisotopic (exact) mass is 845 g/mol. The average molecular weight is 846 g/mol. The fraction of sp³-hybridized carbons (Fsp3) is 0.533. The van der Waals surface area contributed by atoms with Crippen LogP contribution in [-0.4, -0.2) is 89.8 Å². The van der Waals surface area contributed by atoms with Crippen molar-refractivity contribution in [2.24, 2.45) is 17.3 Å². The lowest BCUT2D eigenvalue weighted by Crippen LogP contribution is -2.60. The van der Waals surface area contributed by atoms with E-state index in [1.165, 1.54) is 11.0 Å². The van der Waals surface area contributed by atoms with Gasteiger partial charge in [-0.05, 0) is 69.9 Å². The van der Waals surface area contributed by atoms with Crippen molar-refractivity contribution >= 4 is 44.7 Å². The van der Waals surface area contributed by atoms with Crippen LogP contribution >= 0.6 is 0 Å². The molecule has 3 fully saturated rings. The highest BCUT2D eigenvalue weighted by molar-refractivity contribution is 7.91. The summed E-state index contributed by atoms with van der Waals surface area (Å²) in [6, 6.07) is 14.5. The minimum Gasteiger partial charge on any atom is -0.497 e. The van der Waals surface area contributed by atoms with Crippen LogP contribution in [0.1, 0.15) is 87.5 Å². The summed E-state index contributed by atoms with van der Waals surface area (Å²) in [4.78, 5) is 62.8. The zero-order valence-electron chi connectivity index (χ0n) is 36.1. The van der Waals surface area contributed by atoms with Gasteiger partial charge in [0.15, 0.2) is 0 Å². The number of methoxy groups -OCH3 is 1. The van der Waals surface area contributed by atoms with E-state index in [0.29, 0.717) is 47.4 Å². The van der Waals surface area contributed by atoms with E-state index in [1.807, 2.05) is 56.3 Å². The smallest absolute Gasteiger partial charge is 0.408 e. The molecule has 5 atom stereocenters. The number of hydrogen-bond acceptors (Lipinski definition) is 10. The van der Waals surface area contributed by atoms with Crippen LogP contribution in [0.25, 0.3) is 22.2 Å². The first kappa shape index (κ1) is 44.4. The van der Waals surface area contributed by atoms with Gasteiger partial charge in [-0.1, -0.05) is 71.0 Å². The molecule has 60 heavy (non-hydrogen) atoms.